The lowest BCUT2D eigenvalue weighted by Gasteiger charge is -2.07. The average Bonchev–Trinajstić information content (AvgIpc) is 2.04. The molecule has 0 spiro atoms. The average molecular weight is 180 g/mol. The molecule has 1 heterocycles. The molecule has 3 N–H and O–H groups in total. The van der Waals surface area contributed by atoms with Gasteiger partial charge in [0.1, 0.15) is 0 Å². The van der Waals surface area contributed by atoms with Gasteiger partial charge in [-0.1, -0.05) is 6.07 Å². The Morgan fingerprint density at radius 1 is 1.69 bits per heavy atom. The highest BCUT2D eigenvalue weighted by atomic mass is 16.4. The largest absolute Gasteiger partial charge is 0.481 e. The van der Waals surface area contributed by atoms with E-state index in [-0.39, 0.29) is 12.5 Å². The second-order valence-electron chi connectivity index (χ2n) is 2.92. The smallest absolute Gasteiger partial charge is 0.304 e. The van der Waals surface area contributed by atoms with Crippen LogP contribution in [0.15, 0.2) is 24.5 Å². The third-order valence-corrected chi connectivity index (χ3v) is 1.66. The van der Waals surface area contributed by atoms with Crippen LogP contribution in [-0.2, 0) is 11.2 Å². The van der Waals surface area contributed by atoms with Crippen LogP contribution in [-0.4, -0.2) is 22.1 Å². The summed E-state index contributed by atoms with van der Waals surface area (Å²) in [7, 11) is 0. The van der Waals surface area contributed by atoms with Gasteiger partial charge in [0, 0.05) is 18.4 Å². The van der Waals surface area contributed by atoms with E-state index in [0.29, 0.717) is 6.42 Å². The van der Waals surface area contributed by atoms with Gasteiger partial charge in [-0.2, -0.15) is 0 Å². The molecule has 0 aliphatic heterocycles. The van der Waals surface area contributed by atoms with Crippen LogP contribution >= 0.6 is 0 Å². The molecule has 4 heteroatoms. The first kappa shape index (κ1) is 9.67. The summed E-state index contributed by atoms with van der Waals surface area (Å²) in [5.74, 6) is -0.864. The van der Waals surface area contributed by atoms with Crippen LogP contribution < -0.4 is 5.73 Å². The van der Waals surface area contributed by atoms with E-state index in [9.17, 15) is 4.79 Å². The molecule has 0 aromatic carbocycles. The first-order valence-corrected chi connectivity index (χ1v) is 4.05. The van der Waals surface area contributed by atoms with Crippen LogP contribution in [0.25, 0.3) is 0 Å². The van der Waals surface area contributed by atoms with Crippen LogP contribution in [0.3, 0.4) is 0 Å². The number of nitrogens with two attached hydrogens (primary N) is 1. The summed E-state index contributed by atoms with van der Waals surface area (Å²) in [5, 5.41) is 8.47. The van der Waals surface area contributed by atoms with Gasteiger partial charge in [-0.3, -0.25) is 9.78 Å². The van der Waals surface area contributed by atoms with E-state index in [1.807, 2.05) is 12.1 Å². The maximum Gasteiger partial charge on any atom is 0.304 e. The molecule has 0 aliphatic rings. The van der Waals surface area contributed by atoms with Gasteiger partial charge in [0.05, 0.1) is 6.42 Å². The molecule has 0 saturated heterocycles. The van der Waals surface area contributed by atoms with Crippen LogP contribution in [0.1, 0.15) is 12.0 Å². The molecule has 1 unspecified atom stereocenters. The molecular weight excluding hydrogens is 168 g/mol. The summed E-state index contributed by atoms with van der Waals surface area (Å²) in [6, 6.07) is 3.36. The molecule has 0 radical (unpaired) electrons. The quantitative estimate of drug-likeness (QED) is 0.704. The number of carboxylic acid groups (broad SMARTS) is 1. The van der Waals surface area contributed by atoms with Gasteiger partial charge in [-0.05, 0) is 18.1 Å². The first-order chi connectivity index (χ1) is 6.18. The lowest BCUT2D eigenvalue weighted by Crippen LogP contribution is -2.26. The monoisotopic (exact) mass is 180 g/mol. The van der Waals surface area contributed by atoms with Gasteiger partial charge in [0.15, 0.2) is 0 Å². The van der Waals surface area contributed by atoms with Crippen molar-refractivity contribution in [3.8, 4) is 0 Å². The molecule has 0 fully saturated rings. The third-order valence-electron chi connectivity index (χ3n) is 1.66. The van der Waals surface area contributed by atoms with Crippen molar-refractivity contribution in [3.05, 3.63) is 30.1 Å². The van der Waals surface area contributed by atoms with Gasteiger partial charge in [-0.15, -0.1) is 0 Å². The molecule has 0 amide bonds. The van der Waals surface area contributed by atoms with Gasteiger partial charge in [-0.25, -0.2) is 0 Å². The number of aromatic nitrogens is 1. The fourth-order valence-corrected chi connectivity index (χ4v) is 1.12. The molecule has 1 aromatic rings. The molecule has 13 heavy (non-hydrogen) atoms. The summed E-state index contributed by atoms with van der Waals surface area (Å²) >= 11 is 0. The highest BCUT2D eigenvalue weighted by Crippen LogP contribution is 2.01. The molecule has 1 aromatic heterocycles. The summed E-state index contributed by atoms with van der Waals surface area (Å²) < 4.78 is 0. The zero-order valence-electron chi connectivity index (χ0n) is 7.18. The highest BCUT2D eigenvalue weighted by molar-refractivity contribution is 5.67. The Morgan fingerprint density at radius 2 is 2.46 bits per heavy atom. The lowest BCUT2D eigenvalue weighted by atomic mass is 10.1. The fraction of sp³-hybridized carbons (Fsp3) is 0.333. The van der Waals surface area contributed by atoms with Gasteiger partial charge in [0.2, 0.25) is 0 Å². The fourth-order valence-electron chi connectivity index (χ4n) is 1.12. The molecular formula is C9H12N2O2. The zero-order chi connectivity index (χ0) is 9.68. The Balaban J connectivity index is 2.45. The van der Waals surface area contributed by atoms with Crippen molar-refractivity contribution in [3.63, 3.8) is 0 Å². The Bertz CT molecular complexity index is 274. The van der Waals surface area contributed by atoms with E-state index in [2.05, 4.69) is 4.98 Å². The minimum absolute atomic E-state index is 0.00507. The minimum atomic E-state index is -0.864. The van der Waals surface area contributed by atoms with Crippen molar-refractivity contribution in [2.45, 2.75) is 18.9 Å². The van der Waals surface area contributed by atoms with Crippen molar-refractivity contribution >= 4 is 5.97 Å². The normalized spacial score (nSPS) is 12.4. The number of rotatable bonds is 4. The van der Waals surface area contributed by atoms with Crippen molar-refractivity contribution < 1.29 is 9.90 Å². The molecule has 0 aliphatic carbocycles. The van der Waals surface area contributed by atoms with Crippen LogP contribution in [0.2, 0.25) is 0 Å². The van der Waals surface area contributed by atoms with Crippen LogP contribution in [0.4, 0.5) is 0 Å². The number of carboxylic acids is 1. The molecule has 70 valence electrons. The maximum absolute atomic E-state index is 10.3. The van der Waals surface area contributed by atoms with E-state index in [0.717, 1.165) is 5.56 Å². The van der Waals surface area contributed by atoms with Crippen molar-refractivity contribution in [2.75, 3.05) is 0 Å². The van der Waals surface area contributed by atoms with E-state index >= 15 is 0 Å². The first-order valence-electron chi connectivity index (χ1n) is 4.05. The van der Waals surface area contributed by atoms with Gasteiger partial charge >= 0.3 is 5.97 Å². The number of pyridine rings is 1. The highest BCUT2D eigenvalue weighted by Gasteiger charge is 2.08. The van der Waals surface area contributed by atoms with Gasteiger partial charge < -0.3 is 10.8 Å². The summed E-state index contributed by atoms with van der Waals surface area (Å²) in [6.07, 6.45) is 3.92. The summed E-state index contributed by atoms with van der Waals surface area (Å²) in [5.41, 5.74) is 6.57. The molecule has 0 bridgehead atoms. The Labute approximate surface area is 76.4 Å². The lowest BCUT2D eigenvalue weighted by molar-refractivity contribution is -0.137. The number of hydrogen-bond donors (Lipinski definition) is 2. The maximum atomic E-state index is 10.3. The van der Waals surface area contributed by atoms with Crippen molar-refractivity contribution in [1.82, 2.24) is 4.98 Å². The predicted molar refractivity (Wildman–Crippen MR) is 48.2 cm³/mol. The van der Waals surface area contributed by atoms with E-state index < -0.39 is 5.97 Å². The second kappa shape index (κ2) is 4.57. The Morgan fingerprint density at radius 3 is 3.00 bits per heavy atom. The van der Waals surface area contributed by atoms with Crippen LogP contribution in [0, 0.1) is 0 Å². The molecule has 1 atom stereocenters. The topological polar surface area (TPSA) is 76.2 Å². The predicted octanol–water partition coefficient (Wildman–Crippen LogP) is 0.426. The van der Waals surface area contributed by atoms with Crippen LogP contribution in [0.5, 0.6) is 0 Å². The number of nitrogens with zero attached hydrogens (tertiary/aromatic N) is 1. The number of carbonyl (C=O) groups is 1. The SMILES string of the molecule is NC(CC(=O)O)Cc1cccnc1. The minimum Gasteiger partial charge on any atom is -0.481 e. The summed E-state index contributed by atoms with van der Waals surface area (Å²) in [6.45, 7) is 0. The number of aliphatic carboxylic acids is 1. The molecule has 1 rings (SSSR count). The molecule has 4 nitrogen and oxygen atoms in total. The summed E-state index contributed by atoms with van der Waals surface area (Å²) in [4.78, 5) is 14.2. The Hall–Kier alpha value is -1.42. The Kier molecular flexibility index (Phi) is 3.40. The third kappa shape index (κ3) is 3.66. The second-order valence-corrected chi connectivity index (χ2v) is 2.92. The molecule has 0 saturated carbocycles. The van der Waals surface area contributed by atoms with Gasteiger partial charge in [0.25, 0.3) is 0 Å². The zero-order valence-corrected chi connectivity index (χ0v) is 7.18. The van der Waals surface area contributed by atoms with Crippen molar-refractivity contribution in [2.24, 2.45) is 5.73 Å². The standard InChI is InChI=1S/C9H12N2O2/c10-8(5-9(12)13)4-7-2-1-3-11-6-7/h1-3,6,8H,4-5,10H2,(H,12,13). The number of hydrogen-bond acceptors (Lipinski definition) is 3. The van der Waals surface area contributed by atoms with E-state index in [1.165, 1.54) is 0 Å². The van der Waals surface area contributed by atoms with E-state index in [1.54, 1.807) is 12.4 Å². The van der Waals surface area contributed by atoms with E-state index in [4.69, 9.17) is 10.8 Å². The van der Waals surface area contributed by atoms with Crippen molar-refractivity contribution in [1.29, 1.82) is 0 Å².